The fraction of sp³-hybridized carbons (Fsp3) is 0.308. The first-order chi connectivity index (χ1) is 17.0. The van der Waals surface area contributed by atoms with Crippen LogP contribution in [0.25, 0.3) is 0 Å². The van der Waals surface area contributed by atoms with Crippen LogP contribution in [0.5, 0.6) is 17.2 Å². The second kappa shape index (κ2) is 9.97. The molecule has 1 saturated heterocycles. The molecule has 5 rings (SSSR count). The third-order valence-corrected chi connectivity index (χ3v) is 7.05. The number of nitrogens with zero attached hydrogens (tertiary/aromatic N) is 1. The largest absolute Gasteiger partial charge is 0.491 e. The molecule has 3 atom stereocenters. The molecule has 2 amide bonds. The molecule has 0 aliphatic carbocycles. The summed E-state index contributed by atoms with van der Waals surface area (Å²) in [7, 11) is 0. The minimum Gasteiger partial charge on any atom is -0.491 e. The second-order valence-electron chi connectivity index (χ2n) is 8.60. The van der Waals surface area contributed by atoms with Crippen molar-refractivity contribution in [3.05, 3.63) is 70.4 Å². The maximum Gasteiger partial charge on any atom is 0.231 e. The van der Waals surface area contributed by atoms with Crippen molar-refractivity contribution in [3.63, 3.8) is 0 Å². The van der Waals surface area contributed by atoms with E-state index in [4.69, 9.17) is 14.2 Å². The van der Waals surface area contributed by atoms with Gasteiger partial charge in [0.2, 0.25) is 18.6 Å². The van der Waals surface area contributed by atoms with Crippen LogP contribution >= 0.6 is 11.3 Å². The molecule has 2 aliphatic rings. The zero-order valence-corrected chi connectivity index (χ0v) is 20.0. The van der Waals surface area contributed by atoms with Crippen molar-refractivity contribution >= 4 is 28.8 Å². The number of hydrogen-bond donors (Lipinski definition) is 2. The van der Waals surface area contributed by atoms with Crippen LogP contribution in [0.4, 0.5) is 5.69 Å². The number of amides is 2. The van der Waals surface area contributed by atoms with Crippen LogP contribution in [0.2, 0.25) is 0 Å². The Balaban J connectivity index is 1.22. The van der Waals surface area contributed by atoms with E-state index in [1.165, 1.54) is 11.3 Å². The van der Waals surface area contributed by atoms with Crippen molar-refractivity contribution in [3.8, 4) is 17.2 Å². The molecule has 9 heteroatoms. The normalized spacial score (nSPS) is 19.6. The van der Waals surface area contributed by atoms with Gasteiger partial charge in [0, 0.05) is 29.6 Å². The molecular formula is C26H26N2O6S. The van der Waals surface area contributed by atoms with Gasteiger partial charge in [-0.15, -0.1) is 11.3 Å². The molecule has 0 saturated carbocycles. The molecular weight excluding hydrogens is 468 g/mol. The number of aliphatic hydroxyl groups is 1. The summed E-state index contributed by atoms with van der Waals surface area (Å²) in [6, 6.07) is 16.4. The minimum atomic E-state index is -0.921. The first kappa shape index (κ1) is 23.2. The van der Waals surface area contributed by atoms with E-state index in [-0.39, 0.29) is 38.2 Å². The van der Waals surface area contributed by atoms with Crippen molar-refractivity contribution < 1.29 is 28.9 Å². The van der Waals surface area contributed by atoms with Gasteiger partial charge in [-0.25, -0.2) is 0 Å². The zero-order valence-electron chi connectivity index (χ0n) is 19.2. The molecule has 3 unspecified atom stereocenters. The van der Waals surface area contributed by atoms with E-state index in [1.54, 1.807) is 23.1 Å². The predicted molar refractivity (Wildman–Crippen MR) is 131 cm³/mol. The average molecular weight is 495 g/mol. The van der Waals surface area contributed by atoms with Crippen molar-refractivity contribution in [2.75, 3.05) is 24.8 Å². The highest BCUT2D eigenvalue weighted by Gasteiger charge is 2.45. The topological polar surface area (TPSA) is 97.3 Å². The maximum atomic E-state index is 13.2. The van der Waals surface area contributed by atoms with Gasteiger partial charge in [-0.3, -0.25) is 9.59 Å². The quantitative estimate of drug-likeness (QED) is 0.498. The molecule has 0 spiro atoms. The van der Waals surface area contributed by atoms with Gasteiger partial charge in [-0.2, -0.15) is 0 Å². The first-order valence-corrected chi connectivity index (χ1v) is 12.3. The Hall–Kier alpha value is -3.56. The first-order valence-electron chi connectivity index (χ1n) is 11.4. The molecule has 0 radical (unpaired) electrons. The van der Waals surface area contributed by atoms with E-state index < -0.39 is 18.1 Å². The van der Waals surface area contributed by atoms with Crippen molar-refractivity contribution in [2.24, 2.45) is 5.92 Å². The third kappa shape index (κ3) is 4.96. The van der Waals surface area contributed by atoms with Crippen LogP contribution in [-0.2, 0) is 9.59 Å². The molecule has 3 aromatic rings. The number of hydrogen-bond acceptors (Lipinski definition) is 7. The summed E-state index contributed by atoms with van der Waals surface area (Å²) < 4.78 is 16.2. The third-order valence-electron chi connectivity index (χ3n) is 6.10. The number of nitrogens with one attached hydrogen (secondary N) is 1. The molecule has 0 bridgehead atoms. The van der Waals surface area contributed by atoms with Crippen molar-refractivity contribution in [2.45, 2.75) is 25.5 Å². The molecule has 2 aromatic carbocycles. The number of ether oxygens (including phenoxy) is 3. The number of rotatable bonds is 8. The van der Waals surface area contributed by atoms with Crippen molar-refractivity contribution in [1.82, 2.24) is 5.32 Å². The SMILES string of the molecule is Cc1ccc(N2C(=O)CC(C(=O)NCC(O)COc3ccc4c(c3)OCO4)C2c2cccs2)cc1. The van der Waals surface area contributed by atoms with E-state index in [2.05, 4.69) is 5.32 Å². The van der Waals surface area contributed by atoms with E-state index in [0.29, 0.717) is 17.2 Å². The number of anilines is 1. The van der Waals surface area contributed by atoms with Gasteiger partial charge in [0.15, 0.2) is 11.5 Å². The van der Waals surface area contributed by atoms with Gasteiger partial charge < -0.3 is 29.5 Å². The number of fused-ring (bicyclic) bond motifs is 1. The molecule has 1 aromatic heterocycles. The summed E-state index contributed by atoms with van der Waals surface area (Å²) in [6.45, 7) is 2.16. The second-order valence-corrected chi connectivity index (χ2v) is 9.57. The number of carbonyl (C=O) groups is 2. The van der Waals surface area contributed by atoms with E-state index in [9.17, 15) is 14.7 Å². The molecule has 35 heavy (non-hydrogen) atoms. The van der Waals surface area contributed by atoms with Crippen LogP contribution in [0, 0.1) is 12.8 Å². The van der Waals surface area contributed by atoms with Gasteiger partial charge >= 0.3 is 0 Å². The molecule has 3 heterocycles. The highest BCUT2D eigenvalue weighted by Crippen LogP contribution is 2.43. The minimum absolute atomic E-state index is 0.00658. The van der Waals surface area contributed by atoms with Crippen LogP contribution in [0.1, 0.15) is 22.9 Å². The fourth-order valence-corrected chi connectivity index (χ4v) is 5.21. The Bertz CT molecular complexity index is 1200. The van der Waals surface area contributed by atoms with Crippen LogP contribution in [-0.4, -0.2) is 43.0 Å². The number of benzene rings is 2. The van der Waals surface area contributed by atoms with Gasteiger partial charge in [0.1, 0.15) is 18.5 Å². The Labute approximate surface area is 207 Å². The van der Waals surface area contributed by atoms with Gasteiger partial charge in [-0.05, 0) is 42.6 Å². The van der Waals surface area contributed by atoms with Gasteiger partial charge in [0.05, 0.1) is 12.0 Å². The lowest BCUT2D eigenvalue weighted by Crippen LogP contribution is -2.40. The summed E-state index contributed by atoms with van der Waals surface area (Å²) in [6.07, 6.45) is -0.818. The smallest absolute Gasteiger partial charge is 0.231 e. The number of aryl methyl sites for hydroxylation is 1. The van der Waals surface area contributed by atoms with E-state index in [1.807, 2.05) is 48.7 Å². The number of aliphatic hydroxyl groups excluding tert-OH is 1. The Morgan fingerprint density at radius 2 is 2.00 bits per heavy atom. The number of carbonyl (C=O) groups excluding carboxylic acids is 2. The Morgan fingerprint density at radius 3 is 2.77 bits per heavy atom. The van der Waals surface area contributed by atoms with Gasteiger partial charge in [-0.1, -0.05) is 23.8 Å². The summed E-state index contributed by atoms with van der Waals surface area (Å²) in [5.41, 5.74) is 1.87. The molecule has 8 nitrogen and oxygen atoms in total. The summed E-state index contributed by atoms with van der Waals surface area (Å²) in [5, 5.41) is 15.1. The molecule has 2 N–H and O–H groups in total. The van der Waals surface area contributed by atoms with Crippen LogP contribution < -0.4 is 24.4 Å². The molecule has 182 valence electrons. The predicted octanol–water partition coefficient (Wildman–Crippen LogP) is 3.44. The Morgan fingerprint density at radius 1 is 1.20 bits per heavy atom. The van der Waals surface area contributed by atoms with E-state index in [0.717, 1.165) is 16.1 Å². The average Bonchev–Trinajstić information content (AvgIpc) is 3.61. The molecule has 2 aliphatic heterocycles. The Kier molecular flexibility index (Phi) is 6.61. The zero-order chi connectivity index (χ0) is 24.4. The molecule has 1 fully saturated rings. The monoisotopic (exact) mass is 494 g/mol. The van der Waals surface area contributed by atoms with Crippen LogP contribution in [0.15, 0.2) is 60.0 Å². The lowest BCUT2D eigenvalue weighted by molar-refractivity contribution is -0.127. The van der Waals surface area contributed by atoms with E-state index >= 15 is 0 Å². The highest BCUT2D eigenvalue weighted by molar-refractivity contribution is 7.10. The lowest BCUT2D eigenvalue weighted by atomic mass is 9.97. The maximum absolute atomic E-state index is 13.2. The number of thiophene rings is 1. The van der Waals surface area contributed by atoms with Gasteiger partial charge in [0.25, 0.3) is 0 Å². The summed E-state index contributed by atoms with van der Waals surface area (Å²) in [5.74, 6) is 0.842. The standard InChI is InChI=1S/C26H26N2O6S/c1-16-4-6-17(7-5-16)28-24(30)12-20(25(28)23-3-2-10-35-23)26(31)27-13-18(29)14-32-19-8-9-21-22(11-19)34-15-33-21/h2-11,18,20,25,29H,12-15H2,1H3,(H,27,31). The fourth-order valence-electron chi connectivity index (χ4n) is 4.33. The summed E-state index contributed by atoms with van der Waals surface area (Å²) in [4.78, 5) is 28.9. The van der Waals surface area contributed by atoms with Crippen molar-refractivity contribution in [1.29, 1.82) is 0 Å². The summed E-state index contributed by atoms with van der Waals surface area (Å²) >= 11 is 1.52. The lowest BCUT2D eigenvalue weighted by Gasteiger charge is -2.27. The van der Waals surface area contributed by atoms with Crippen LogP contribution in [0.3, 0.4) is 0 Å². The highest BCUT2D eigenvalue weighted by atomic mass is 32.1.